The summed E-state index contributed by atoms with van der Waals surface area (Å²) < 4.78 is 31.4. The van der Waals surface area contributed by atoms with Crippen molar-refractivity contribution in [2.45, 2.75) is 18.2 Å². The molecule has 0 unspecified atom stereocenters. The Kier molecular flexibility index (Phi) is 3.82. The summed E-state index contributed by atoms with van der Waals surface area (Å²) in [7, 11) is -1.98. The molecule has 1 aromatic rings. The second kappa shape index (κ2) is 5.22. The molecular weight excluding hydrogens is 264 g/mol. The minimum Gasteiger partial charge on any atom is -0.495 e. The molecule has 104 valence electrons. The molecule has 19 heavy (non-hydrogen) atoms. The Bertz CT molecular complexity index is 608. The third-order valence-electron chi connectivity index (χ3n) is 3.24. The highest BCUT2D eigenvalue weighted by Gasteiger charge is 2.25. The summed E-state index contributed by atoms with van der Waals surface area (Å²) in [4.78, 5) is 0.207. The van der Waals surface area contributed by atoms with Gasteiger partial charge in [0.2, 0.25) is 10.0 Å². The van der Waals surface area contributed by atoms with Crippen molar-refractivity contribution in [3.8, 4) is 5.75 Å². The highest BCUT2D eigenvalue weighted by Crippen LogP contribution is 2.27. The fourth-order valence-corrected chi connectivity index (χ4v) is 3.41. The molecule has 0 amide bonds. The van der Waals surface area contributed by atoms with Crippen molar-refractivity contribution < 1.29 is 13.2 Å². The molecule has 0 radical (unpaired) electrons. The van der Waals surface area contributed by atoms with Crippen LogP contribution in [0.3, 0.4) is 0 Å². The van der Waals surface area contributed by atoms with E-state index in [2.05, 4.69) is 0 Å². The summed E-state index contributed by atoms with van der Waals surface area (Å²) >= 11 is 0. The number of benzene rings is 1. The molecule has 1 heterocycles. The van der Waals surface area contributed by atoms with Gasteiger partial charge in [-0.05, 0) is 31.5 Å². The van der Waals surface area contributed by atoms with Crippen molar-refractivity contribution >= 4 is 15.7 Å². The van der Waals surface area contributed by atoms with Crippen LogP contribution in [0.4, 0.5) is 5.69 Å². The standard InChI is InChI=1S/C13H18N2O3S/c1-10-5-7-15(8-6-10)19(16,17)11-3-4-13(18-2)12(14)9-11/h3-5,9H,6-8,14H2,1-2H3. The zero-order valence-electron chi connectivity index (χ0n) is 11.1. The Balaban J connectivity index is 2.32. The smallest absolute Gasteiger partial charge is 0.243 e. The van der Waals surface area contributed by atoms with Crippen LogP contribution >= 0.6 is 0 Å². The van der Waals surface area contributed by atoms with Crippen molar-refractivity contribution in [1.82, 2.24) is 4.31 Å². The SMILES string of the molecule is COc1ccc(S(=O)(=O)N2CC=C(C)CC2)cc1N. The minimum atomic E-state index is -3.48. The van der Waals surface area contributed by atoms with Gasteiger partial charge in [0.1, 0.15) is 5.75 Å². The maximum Gasteiger partial charge on any atom is 0.243 e. The summed E-state index contributed by atoms with van der Waals surface area (Å²) in [6.45, 7) is 2.94. The highest BCUT2D eigenvalue weighted by molar-refractivity contribution is 7.89. The number of methoxy groups -OCH3 is 1. The number of nitrogens with zero attached hydrogens (tertiary/aromatic N) is 1. The van der Waals surface area contributed by atoms with E-state index in [1.807, 2.05) is 13.0 Å². The summed E-state index contributed by atoms with van der Waals surface area (Å²) in [6.07, 6.45) is 2.71. The monoisotopic (exact) mass is 282 g/mol. The number of hydrogen-bond donors (Lipinski definition) is 1. The fourth-order valence-electron chi connectivity index (χ4n) is 1.99. The quantitative estimate of drug-likeness (QED) is 0.675. The molecule has 6 heteroatoms. The van der Waals surface area contributed by atoms with Gasteiger partial charge >= 0.3 is 0 Å². The Morgan fingerprint density at radius 1 is 1.37 bits per heavy atom. The number of anilines is 1. The Morgan fingerprint density at radius 3 is 2.63 bits per heavy atom. The zero-order valence-corrected chi connectivity index (χ0v) is 11.9. The molecule has 1 aliphatic rings. The van der Waals surface area contributed by atoms with E-state index in [-0.39, 0.29) is 4.90 Å². The molecular formula is C13H18N2O3S. The number of ether oxygens (including phenoxy) is 1. The number of nitrogen functional groups attached to an aromatic ring is 1. The van der Waals surface area contributed by atoms with Crippen LogP contribution in [0.5, 0.6) is 5.75 Å². The van der Waals surface area contributed by atoms with E-state index in [1.165, 1.54) is 29.1 Å². The summed E-state index contributed by atoms with van der Waals surface area (Å²) in [5.41, 5.74) is 7.31. The minimum absolute atomic E-state index is 0.207. The van der Waals surface area contributed by atoms with Crippen LogP contribution < -0.4 is 10.5 Å². The molecule has 0 bridgehead atoms. The summed E-state index contributed by atoms with van der Waals surface area (Å²) in [5.74, 6) is 0.480. The largest absolute Gasteiger partial charge is 0.495 e. The summed E-state index contributed by atoms with van der Waals surface area (Å²) in [6, 6.07) is 4.54. The normalized spacial score (nSPS) is 17.1. The first-order valence-electron chi connectivity index (χ1n) is 6.04. The molecule has 0 spiro atoms. The number of sulfonamides is 1. The van der Waals surface area contributed by atoms with Gasteiger partial charge in [-0.15, -0.1) is 0 Å². The fraction of sp³-hybridized carbons (Fsp3) is 0.385. The van der Waals surface area contributed by atoms with E-state index in [9.17, 15) is 8.42 Å². The van der Waals surface area contributed by atoms with Crippen molar-refractivity contribution in [2.75, 3.05) is 25.9 Å². The van der Waals surface area contributed by atoms with Gasteiger partial charge in [0.25, 0.3) is 0 Å². The number of hydrogen-bond acceptors (Lipinski definition) is 4. The molecule has 5 nitrogen and oxygen atoms in total. The topological polar surface area (TPSA) is 72.6 Å². The van der Waals surface area contributed by atoms with Crippen LogP contribution in [0.1, 0.15) is 13.3 Å². The second-order valence-corrected chi connectivity index (χ2v) is 6.51. The van der Waals surface area contributed by atoms with Gasteiger partial charge in [-0.1, -0.05) is 11.6 Å². The molecule has 0 saturated heterocycles. The molecule has 0 aliphatic carbocycles. The van der Waals surface area contributed by atoms with Crippen LogP contribution in [0.25, 0.3) is 0 Å². The molecule has 1 aliphatic heterocycles. The molecule has 0 aromatic heterocycles. The van der Waals surface area contributed by atoms with Gasteiger partial charge in [0, 0.05) is 13.1 Å². The number of nitrogens with two attached hydrogens (primary N) is 1. The lowest BCUT2D eigenvalue weighted by molar-refractivity contribution is 0.416. The van der Waals surface area contributed by atoms with Gasteiger partial charge in [-0.25, -0.2) is 8.42 Å². The van der Waals surface area contributed by atoms with E-state index in [0.29, 0.717) is 24.5 Å². The van der Waals surface area contributed by atoms with E-state index >= 15 is 0 Å². The van der Waals surface area contributed by atoms with Gasteiger partial charge in [-0.2, -0.15) is 4.31 Å². The van der Waals surface area contributed by atoms with Crippen LogP contribution in [0, 0.1) is 0 Å². The zero-order chi connectivity index (χ0) is 14.0. The third kappa shape index (κ3) is 2.74. The van der Waals surface area contributed by atoms with Crippen LogP contribution in [-0.4, -0.2) is 32.9 Å². The maximum atomic E-state index is 12.4. The van der Waals surface area contributed by atoms with E-state index in [0.717, 1.165) is 6.42 Å². The van der Waals surface area contributed by atoms with Gasteiger partial charge < -0.3 is 10.5 Å². The van der Waals surface area contributed by atoms with Crippen LogP contribution in [0.2, 0.25) is 0 Å². The molecule has 0 saturated carbocycles. The van der Waals surface area contributed by atoms with Gasteiger partial charge in [0.15, 0.2) is 0 Å². The first-order chi connectivity index (χ1) is 8.95. The molecule has 2 rings (SSSR count). The Morgan fingerprint density at radius 2 is 2.11 bits per heavy atom. The summed E-state index contributed by atoms with van der Waals surface area (Å²) in [5, 5.41) is 0. The lowest BCUT2D eigenvalue weighted by Crippen LogP contribution is -2.34. The predicted octanol–water partition coefficient (Wildman–Crippen LogP) is 1.62. The lowest BCUT2D eigenvalue weighted by atomic mass is 10.1. The second-order valence-electron chi connectivity index (χ2n) is 4.57. The lowest BCUT2D eigenvalue weighted by Gasteiger charge is -2.25. The van der Waals surface area contributed by atoms with E-state index in [4.69, 9.17) is 10.5 Å². The highest BCUT2D eigenvalue weighted by atomic mass is 32.2. The third-order valence-corrected chi connectivity index (χ3v) is 5.10. The Hall–Kier alpha value is -1.53. The molecule has 1 aromatic carbocycles. The van der Waals surface area contributed by atoms with E-state index < -0.39 is 10.0 Å². The maximum absolute atomic E-state index is 12.4. The van der Waals surface area contributed by atoms with Gasteiger partial charge in [-0.3, -0.25) is 0 Å². The Labute approximate surface area is 113 Å². The van der Waals surface area contributed by atoms with Crippen LogP contribution in [-0.2, 0) is 10.0 Å². The molecule has 0 atom stereocenters. The van der Waals surface area contributed by atoms with Crippen molar-refractivity contribution in [2.24, 2.45) is 0 Å². The first-order valence-corrected chi connectivity index (χ1v) is 7.48. The van der Waals surface area contributed by atoms with Crippen molar-refractivity contribution in [3.05, 3.63) is 29.8 Å². The molecule has 0 fully saturated rings. The number of rotatable bonds is 3. The van der Waals surface area contributed by atoms with Crippen molar-refractivity contribution in [1.29, 1.82) is 0 Å². The average Bonchev–Trinajstić information content (AvgIpc) is 2.39. The van der Waals surface area contributed by atoms with Gasteiger partial charge in [0.05, 0.1) is 17.7 Å². The van der Waals surface area contributed by atoms with Crippen LogP contribution in [0.15, 0.2) is 34.7 Å². The average molecular weight is 282 g/mol. The predicted molar refractivity (Wildman–Crippen MR) is 74.5 cm³/mol. The molecule has 2 N–H and O–H groups in total. The first kappa shape index (κ1) is 13.9. The van der Waals surface area contributed by atoms with E-state index in [1.54, 1.807) is 6.07 Å². The van der Waals surface area contributed by atoms with Crippen molar-refractivity contribution in [3.63, 3.8) is 0 Å².